The van der Waals surface area contributed by atoms with Crippen LogP contribution in [0.4, 0.5) is 0 Å². The number of ether oxygens (including phenoxy) is 2. The van der Waals surface area contributed by atoms with Gasteiger partial charge in [0, 0.05) is 13.0 Å². The highest BCUT2D eigenvalue weighted by molar-refractivity contribution is 6.32. The number of esters is 1. The highest BCUT2D eigenvalue weighted by atomic mass is 35.5. The van der Waals surface area contributed by atoms with Crippen LogP contribution in [0.3, 0.4) is 0 Å². The molecule has 0 bridgehead atoms. The summed E-state index contributed by atoms with van der Waals surface area (Å²) in [5.41, 5.74) is 2.07. The minimum Gasteiger partial charge on any atom is -0.425 e. The molecular formula is C19H19ClO3. The molecule has 0 spiro atoms. The van der Waals surface area contributed by atoms with Crippen molar-refractivity contribution in [3.05, 3.63) is 53.6 Å². The van der Waals surface area contributed by atoms with Crippen molar-refractivity contribution < 1.29 is 14.3 Å². The monoisotopic (exact) mass is 330 g/mol. The number of benzene rings is 2. The van der Waals surface area contributed by atoms with Crippen LogP contribution in [-0.2, 0) is 9.53 Å². The van der Waals surface area contributed by atoms with Gasteiger partial charge in [-0.3, -0.25) is 4.79 Å². The maximum Gasteiger partial charge on any atom is 0.311 e. The smallest absolute Gasteiger partial charge is 0.311 e. The molecule has 23 heavy (non-hydrogen) atoms. The largest absolute Gasteiger partial charge is 0.425 e. The van der Waals surface area contributed by atoms with E-state index in [1.807, 2.05) is 42.5 Å². The van der Waals surface area contributed by atoms with Gasteiger partial charge in [-0.1, -0.05) is 48.0 Å². The van der Waals surface area contributed by atoms with Crippen LogP contribution in [0, 0.1) is 0 Å². The molecule has 0 radical (unpaired) electrons. The SMILES string of the molecule is O=C(CCC1CCCO1)Oc1ccc(-c2ccccc2)cc1Cl. The van der Waals surface area contributed by atoms with E-state index in [0.29, 0.717) is 23.6 Å². The van der Waals surface area contributed by atoms with Gasteiger partial charge < -0.3 is 9.47 Å². The van der Waals surface area contributed by atoms with Gasteiger partial charge in [0.05, 0.1) is 11.1 Å². The molecule has 1 fully saturated rings. The van der Waals surface area contributed by atoms with Crippen molar-refractivity contribution >= 4 is 17.6 Å². The molecule has 1 unspecified atom stereocenters. The summed E-state index contributed by atoms with van der Waals surface area (Å²) < 4.78 is 10.9. The van der Waals surface area contributed by atoms with E-state index in [1.54, 1.807) is 6.07 Å². The van der Waals surface area contributed by atoms with Crippen LogP contribution in [0.5, 0.6) is 5.75 Å². The molecule has 0 aromatic heterocycles. The molecule has 120 valence electrons. The minimum atomic E-state index is -0.269. The molecule has 4 heteroatoms. The molecule has 0 aliphatic carbocycles. The van der Waals surface area contributed by atoms with Gasteiger partial charge in [-0.15, -0.1) is 0 Å². The third kappa shape index (κ3) is 4.34. The maximum atomic E-state index is 11.9. The van der Waals surface area contributed by atoms with Crippen molar-refractivity contribution in [3.8, 4) is 16.9 Å². The lowest BCUT2D eigenvalue weighted by atomic mass is 10.1. The standard InChI is InChI=1S/C19H19ClO3/c20-17-13-15(14-5-2-1-3-6-14)8-10-18(17)23-19(21)11-9-16-7-4-12-22-16/h1-3,5-6,8,10,13,16H,4,7,9,11-12H2. The Morgan fingerprint density at radius 3 is 2.70 bits per heavy atom. The molecule has 3 nitrogen and oxygen atoms in total. The summed E-state index contributed by atoms with van der Waals surface area (Å²) in [5.74, 6) is 0.138. The van der Waals surface area contributed by atoms with Crippen LogP contribution in [0.25, 0.3) is 11.1 Å². The molecule has 1 atom stereocenters. The van der Waals surface area contributed by atoms with Gasteiger partial charge in [-0.05, 0) is 42.5 Å². The van der Waals surface area contributed by atoms with E-state index in [0.717, 1.165) is 30.6 Å². The van der Waals surface area contributed by atoms with Gasteiger partial charge in [-0.2, -0.15) is 0 Å². The molecule has 0 saturated carbocycles. The van der Waals surface area contributed by atoms with Crippen molar-refractivity contribution in [2.45, 2.75) is 31.8 Å². The fourth-order valence-electron chi connectivity index (χ4n) is 2.72. The van der Waals surface area contributed by atoms with Crippen LogP contribution < -0.4 is 4.74 Å². The van der Waals surface area contributed by atoms with E-state index in [2.05, 4.69) is 0 Å². The van der Waals surface area contributed by atoms with Gasteiger partial charge in [0.25, 0.3) is 0 Å². The average molecular weight is 331 g/mol. The number of carbonyl (C=O) groups excluding carboxylic acids is 1. The van der Waals surface area contributed by atoms with E-state index in [9.17, 15) is 4.79 Å². The lowest BCUT2D eigenvalue weighted by molar-refractivity contribution is -0.135. The first-order chi connectivity index (χ1) is 11.2. The summed E-state index contributed by atoms with van der Waals surface area (Å²) in [6.45, 7) is 0.798. The first kappa shape index (κ1) is 16.0. The van der Waals surface area contributed by atoms with Crippen molar-refractivity contribution in [1.29, 1.82) is 0 Å². The van der Waals surface area contributed by atoms with Crippen molar-refractivity contribution in [2.75, 3.05) is 6.61 Å². The van der Waals surface area contributed by atoms with Gasteiger partial charge >= 0.3 is 5.97 Å². The second-order valence-corrected chi connectivity index (χ2v) is 6.07. The molecular weight excluding hydrogens is 312 g/mol. The van der Waals surface area contributed by atoms with Crippen LogP contribution in [-0.4, -0.2) is 18.7 Å². The highest BCUT2D eigenvalue weighted by Crippen LogP contribution is 2.30. The zero-order chi connectivity index (χ0) is 16.1. The Hall–Kier alpha value is -1.84. The van der Waals surface area contributed by atoms with Gasteiger partial charge in [-0.25, -0.2) is 0 Å². The van der Waals surface area contributed by atoms with Gasteiger partial charge in [0.1, 0.15) is 5.75 Å². The van der Waals surface area contributed by atoms with E-state index in [-0.39, 0.29) is 12.1 Å². The Kier molecular flexibility index (Phi) is 5.31. The van der Waals surface area contributed by atoms with Crippen molar-refractivity contribution in [2.24, 2.45) is 0 Å². The molecule has 2 aromatic carbocycles. The molecule has 2 aromatic rings. The van der Waals surface area contributed by atoms with Crippen LogP contribution in [0.1, 0.15) is 25.7 Å². The summed E-state index contributed by atoms with van der Waals surface area (Å²) >= 11 is 6.25. The predicted octanol–water partition coefficient (Wildman–Crippen LogP) is 4.87. The summed E-state index contributed by atoms with van der Waals surface area (Å²) in [5, 5.41) is 0.441. The zero-order valence-corrected chi connectivity index (χ0v) is 13.6. The number of carbonyl (C=O) groups is 1. The lowest BCUT2D eigenvalue weighted by Gasteiger charge is -2.10. The fraction of sp³-hybridized carbons (Fsp3) is 0.316. The molecule has 1 aliphatic heterocycles. The Morgan fingerprint density at radius 2 is 2.00 bits per heavy atom. The first-order valence-electron chi connectivity index (χ1n) is 7.89. The molecule has 3 rings (SSSR count). The maximum absolute atomic E-state index is 11.9. The number of hydrogen-bond acceptors (Lipinski definition) is 3. The molecule has 1 saturated heterocycles. The number of halogens is 1. The lowest BCUT2D eigenvalue weighted by Crippen LogP contribution is -2.13. The van der Waals surface area contributed by atoms with Gasteiger partial charge in [0.15, 0.2) is 0 Å². The summed E-state index contributed by atoms with van der Waals surface area (Å²) in [4.78, 5) is 11.9. The van der Waals surface area contributed by atoms with E-state index in [4.69, 9.17) is 21.1 Å². The Labute approximate surface area is 141 Å². The second-order valence-electron chi connectivity index (χ2n) is 5.66. The van der Waals surface area contributed by atoms with Crippen LogP contribution in [0.2, 0.25) is 5.02 Å². The Balaban J connectivity index is 1.60. The Bertz CT molecular complexity index is 664. The van der Waals surface area contributed by atoms with Crippen LogP contribution in [0.15, 0.2) is 48.5 Å². The fourth-order valence-corrected chi connectivity index (χ4v) is 2.94. The summed E-state index contributed by atoms with van der Waals surface area (Å²) in [6.07, 6.45) is 3.35. The molecule has 0 amide bonds. The second kappa shape index (κ2) is 7.62. The predicted molar refractivity (Wildman–Crippen MR) is 90.7 cm³/mol. The normalized spacial score (nSPS) is 17.2. The third-order valence-electron chi connectivity index (χ3n) is 3.96. The average Bonchev–Trinajstić information content (AvgIpc) is 3.09. The highest BCUT2D eigenvalue weighted by Gasteiger charge is 2.18. The van der Waals surface area contributed by atoms with Gasteiger partial charge in [0.2, 0.25) is 0 Å². The third-order valence-corrected chi connectivity index (χ3v) is 4.25. The van der Waals surface area contributed by atoms with Crippen molar-refractivity contribution in [3.63, 3.8) is 0 Å². The van der Waals surface area contributed by atoms with Crippen molar-refractivity contribution in [1.82, 2.24) is 0 Å². The number of hydrogen-bond donors (Lipinski definition) is 0. The first-order valence-corrected chi connectivity index (χ1v) is 8.27. The molecule has 1 heterocycles. The molecule has 0 N–H and O–H groups in total. The van der Waals surface area contributed by atoms with E-state index >= 15 is 0 Å². The topological polar surface area (TPSA) is 35.5 Å². The van der Waals surface area contributed by atoms with E-state index in [1.165, 1.54) is 0 Å². The number of rotatable bonds is 5. The quantitative estimate of drug-likeness (QED) is 0.579. The molecule has 1 aliphatic rings. The minimum absolute atomic E-state index is 0.193. The summed E-state index contributed by atoms with van der Waals surface area (Å²) in [6, 6.07) is 15.4. The zero-order valence-electron chi connectivity index (χ0n) is 12.8. The van der Waals surface area contributed by atoms with E-state index < -0.39 is 0 Å². The summed E-state index contributed by atoms with van der Waals surface area (Å²) in [7, 11) is 0. The van der Waals surface area contributed by atoms with Crippen LogP contribution >= 0.6 is 11.6 Å². The Morgan fingerprint density at radius 1 is 1.17 bits per heavy atom.